The average molecular weight is 451 g/mol. The number of rotatable bonds is 1. The summed E-state index contributed by atoms with van der Waals surface area (Å²) in [6.45, 7) is 1.36. The predicted octanol–water partition coefficient (Wildman–Crippen LogP) is 4.14. The van der Waals surface area contributed by atoms with Gasteiger partial charge in [0.05, 0.1) is 17.2 Å². The van der Waals surface area contributed by atoms with Crippen LogP contribution in [-0.2, 0) is 0 Å². The monoisotopic (exact) mass is 450 g/mol. The van der Waals surface area contributed by atoms with E-state index in [-0.39, 0.29) is 29.8 Å². The smallest absolute Gasteiger partial charge is 0.257 e. The third kappa shape index (κ3) is 5.29. The maximum absolute atomic E-state index is 13.6. The highest BCUT2D eigenvalue weighted by molar-refractivity contribution is 5.98. The normalized spacial score (nSPS) is 22.5. The Kier molecular flexibility index (Phi) is 7.47. The van der Waals surface area contributed by atoms with E-state index in [1.165, 1.54) is 0 Å². The van der Waals surface area contributed by atoms with Crippen molar-refractivity contribution in [3.63, 3.8) is 0 Å². The lowest BCUT2D eigenvalue weighted by molar-refractivity contribution is 0.0268. The fraction of sp³-hybridized carbons (Fsp3) is 0.500. The van der Waals surface area contributed by atoms with Crippen molar-refractivity contribution in [1.29, 1.82) is 0 Å². The molecule has 2 N–H and O–H groups in total. The second kappa shape index (κ2) is 10.7. The number of amides is 2. The zero-order chi connectivity index (χ0) is 23.2. The summed E-state index contributed by atoms with van der Waals surface area (Å²) in [6, 6.07) is 10.9. The number of nitrogens with zero attached hydrogens (tertiary/aromatic N) is 3. The van der Waals surface area contributed by atoms with Gasteiger partial charge in [0.15, 0.2) is 0 Å². The van der Waals surface area contributed by atoms with Gasteiger partial charge in [-0.15, -0.1) is 0 Å². The van der Waals surface area contributed by atoms with Gasteiger partial charge in [-0.3, -0.25) is 9.59 Å². The number of benzene rings is 1. The molecule has 0 radical (unpaired) electrons. The van der Waals surface area contributed by atoms with E-state index < -0.39 is 0 Å². The molecule has 2 heterocycles. The first-order valence-electron chi connectivity index (χ1n) is 12.1. The van der Waals surface area contributed by atoms with Crippen LogP contribution in [0.4, 0.5) is 5.82 Å². The molecular formula is C26H34N4O3. The molecule has 2 aromatic rings. The Morgan fingerprint density at radius 3 is 2.58 bits per heavy atom. The minimum atomic E-state index is -0.178. The van der Waals surface area contributed by atoms with Crippen LogP contribution in [0.25, 0.3) is 0 Å². The van der Waals surface area contributed by atoms with E-state index in [9.17, 15) is 9.59 Å². The summed E-state index contributed by atoms with van der Waals surface area (Å²) in [5.74, 6) is 0.745. The Morgan fingerprint density at radius 1 is 1.00 bits per heavy atom. The zero-order valence-electron chi connectivity index (χ0n) is 19.4. The summed E-state index contributed by atoms with van der Waals surface area (Å²) in [4.78, 5) is 34.6. The lowest BCUT2D eigenvalue weighted by Gasteiger charge is -2.40. The van der Waals surface area contributed by atoms with Gasteiger partial charge in [-0.1, -0.05) is 31.4 Å². The van der Waals surface area contributed by atoms with Crippen molar-refractivity contribution in [2.45, 2.75) is 63.5 Å². The molecule has 0 unspecified atom stereocenters. The predicted molar refractivity (Wildman–Crippen MR) is 128 cm³/mol. The first-order valence-corrected chi connectivity index (χ1v) is 12.1. The summed E-state index contributed by atoms with van der Waals surface area (Å²) in [5, 5.41) is 0. The Balaban J connectivity index is 1.69. The van der Waals surface area contributed by atoms with Crippen molar-refractivity contribution in [2.75, 3.05) is 25.9 Å². The number of pyridine rings is 1. The molecule has 7 nitrogen and oxygen atoms in total. The molecule has 1 aromatic carbocycles. The first-order chi connectivity index (χ1) is 16.1. The maximum Gasteiger partial charge on any atom is 0.257 e. The van der Waals surface area contributed by atoms with E-state index in [1.54, 1.807) is 23.2 Å². The van der Waals surface area contributed by atoms with E-state index in [0.717, 1.165) is 51.4 Å². The Bertz CT molecular complexity index is 980. The van der Waals surface area contributed by atoms with E-state index >= 15 is 0 Å². The van der Waals surface area contributed by atoms with Crippen molar-refractivity contribution in [1.82, 2.24) is 14.8 Å². The van der Waals surface area contributed by atoms with Crippen molar-refractivity contribution < 1.29 is 14.3 Å². The summed E-state index contributed by atoms with van der Waals surface area (Å²) in [7, 11) is 1.85. The number of hydrogen-bond acceptors (Lipinski definition) is 5. The van der Waals surface area contributed by atoms with Crippen LogP contribution in [0.5, 0.6) is 5.75 Å². The number of para-hydroxylation sites is 1. The molecule has 0 spiro atoms. The van der Waals surface area contributed by atoms with Gasteiger partial charge in [-0.2, -0.15) is 0 Å². The average Bonchev–Trinajstić information content (AvgIpc) is 2.83. The summed E-state index contributed by atoms with van der Waals surface area (Å²) in [5.41, 5.74) is 7.09. The van der Waals surface area contributed by atoms with Gasteiger partial charge < -0.3 is 20.3 Å². The van der Waals surface area contributed by atoms with Crippen LogP contribution < -0.4 is 10.5 Å². The molecule has 0 bridgehead atoms. The van der Waals surface area contributed by atoms with Crippen molar-refractivity contribution >= 4 is 17.6 Å². The van der Waals surface area contributed by atoms with Crippen LogP contribution >= 0.6 is 0 Å². The number of ether oxygens (including phenoxy) is 1. The Hall–Kier alpha value is -3.09. The number of fused-ring (bicyclic) bond motifs is 2. The summed E-state index contributed by atoms with van der Waals surface area (Å²) in [6.07, 6.45) is 9.07. The van der Waals surface area contributed by atoms with Crippen LogP contribution in [0.1, 0.15) is 72.1 Å². The molecule has 33 heavy (non-hydrogen) atoms. The largest absolute Gasteiger partial charge is 0.487 e. The van der Waals surface area contributed by atoms with Gasteiger partial charge >= 0.3 is 0 Å². The lowest BCUT2D eigenvalue weighted by Crippen LogP contribution is -2.51. The second-order valence-electron chi connectivity index (χ2n) is 9.08. The van der Waals surface area contributed by atoms with E-state index in [4.69, 9.17) is 10.5 Å². The third-order valence-corrected chi connectivity index (χ3v) is 6.78. The number of nitrogen functional groups attached to an aromatic ring is 1. The number of anilines is 1. The second-order valence-corrected chi connectivity index (χ2v) is 9.08. The molecule has 1 saturated carbocycles. The highest BCUT2D eigenvalue weighted by Crippen LogP contribution is 2.31. The van der Waals surface area contributed by atoms with Crippen LogP contribution in [0.3, 0.4) is 0 Å². The maximum atomic E-state index is 13.6. The Labute approximate surface area is 195 Å². The fourth-order valence-electron chi connectivity index (χ4n) is 4.94. The standard InChI is InChI=1S/C26H34N4O3/c1-29-17-8-2-3-9-18-30(26(32)20-12-10-16-28-24(20)27)21-13-5-7-15-23(21)33-22-14-6-4-11-19(22)25(29)31/h4,6,10-12,14,16,21,23H,2-3,5,7-9,13,15,17-18H2,1H3,(H2,27,28)/t21-,23+/m1/s1. The molecular weight excluding hydrogens is 416 g/mol. The van der Waals surface area contributed by atoms with E-state index in [0.29, 0.717) is 30.0 Å². The molecule has 1 aliphatic carbocycles. The number of hydrogen-bond donors (Lipinski definition) is 1. The number of aromatic nitrogens is 1. The van der Waals surface area contributed by atoms with Gasteiger partial charge in [-0.25, -0.2) is 4.98 Å². The molecule has 1 aromatic heterocycles. The van der Waals surface area contributed by atoms with Crippen molar-refractivity contribution in [2.24, 2.45) is 0 Å². The molecule has 0 saturated heterocycles. The van der Waals surface area contributed by atoms with Gasteiger partial charge in [0.1, 0.15) is 17.7 Å². The lowest BCUT2D eigenvalue weighted by atomic mass is 9.90. The fourth-order valence-corrected chi connectivity index (χ4v) is 4.94. The minimum absolute atomic E-state index is 0.0221. The van der Waals surface area contributed by atoms with E-state index in [1.807, 2.05) is 36.2 Å². The molecule has 2 amide bonds. The minimum Gasteiger partial charge on any atom is -0.487 e. The van der Waals surface area contributed by atoms with Gasteiger partial charge in [0.2, 0.25) is 0 Å². The highest BCUT2D eigenvalue weighted by atomic mass is 16.5. The number of carbonyl (C=O) groups excluding carboxylic acids is 2. The highest BCUT2D eigenvalue weighted by Gasteiger charge is 2.36. The molecule has 2 aliphatic rings. The van der Waals surface area contributed by atoms with Gasteiger partial charge in [0, 0.05) is 26.3 Å². The van der Waals surface area contributed by atoms with Crippen LogP contribution in [0.15, 0.2) is 42.6 Å². The SMILES string of the molecule is CN1CCCCCCN(C(=O)c2cccnc2N)[C@@H]2CCCC[C@@H]2Oc2ccccc2C1=O. The third-order valence-electron chi connectivity index (χ3n) is 6.78. The Morgan fingerprint density at radius 2 is 1.76 bits per heavy atom. The topological polar surface area (TPSA) is 88.8 Å². The van der Waals surface area contributed by atoms with Crippen LogP contribution in [-0.4, -0.2) is 58.9 Å². The summed E-state index contributed by atoms with van der Waals surface area (Å²) >= 11 is 0. The zero-order valence-corrected chi connectivity index (χ0v) is 19.4. The van der Waals surface area contributed by atoms with Gasteiger partial charge in [0.25, 0.3) is 11.8 Å². The molecule has 2 atom stereocenters. The van der Waals surface area contributed by atoms with Gasteiger partial charge in [-0.05, 0) is 56.4 Å². The summed E-state index contributed by atoms with van der Waals surface area (Å²) < 4.78 is 6.52. The van der Waals surface area contributed by atoms with E-state index in [2.05, 4.69) is 4.98 Å². The van der Waals surface area contributed by atoms with Crippen molar-refractivity contribution in [3.05, 3.63) is 53.7 Å². The van der Waals surface area contributed by atoms with Crippen LogP contribution in [0, 0.1) is 0 Å². The number of nitrogens with two attached hydrogens (primary N) is 1. The molecule has 7 heteroatoms. The van der Waals surface area contributed by atoms with Crippen LogP contribution in [0.2, 0.25) is 0 Å². The number of carbonyl (C=O) groups is 2. The quantitative estimate of drug-likeness (QED) is 0.705. The molecule has 1 aliphatic heterocycles. The molecule has 4 rings (SSSR count). The van der Waals surface area contributed by atoms with Crippen molar-refractivity contribution in [3.8, 4) is 5.75 Å². The first kappa shape index (κ1) is 23.1. The molecule has 1 fully saturated rings. The molecule has 176 valence electrons.